The van der Waals surface area contributed by atoms with Gasteiger partial charge in [-0.2, -0.15) is 0 Å². The molecule has 3 rings (SSSR count). The maximum atomic E-state index is 13.8. The second-order valence-corrected chi connectivity index (χ2v) is 10.7. The van der Waals surface area contributed by atoms with E-state index in [1.807, 2.05) is 61.5 Å². The summed E-state index contributed by atoms with van der Waals surface area (Å²) in [5, 5.41) is 12.0. The number of sulfone groups is 1. The number of thioether (sulfide) groups is 1. The van der Waals surface area contributed by atoms with Crippen LogP contribution in [-0.4, -0.2) is 18.1 Å². The fourth-order valence-electron chi connectivity index (χ4n) is 3.34. The Bertz CT molecular complexity index is 1060. The molecule has 30 heavy (non-hydrogen) atoms. The highest BCUT2D eigenvalue weighted by Crippen LogP contribution is 2.45. The van der Waals surface area contributed by atoms with Crippen LogP contribution >= 0.6 is 11.8 Å². The topological polar surface area (TPSA) is 54.4 Å². The van der Waals surface area contributed by atoms with E-state index in [1.165, 1.54) is 11.8 Å². The molecule has 0 heterocycles. The molecule has 2 atom stereocenters. The first kappa shape index (κ1) is 22.3. The van der Waals surface area contributed by atoms with Crippen LogP contribution < -0.4 is 0 Å². The Morgan fingerprint density at radius 1 is 0.967 bits per heavy atom. The summed E-state index contributed by atoms with van der Waals surface area (Å²) >= 11 is 1.17. The van der Waals surface area contributed by atoms with Crippen LogP contribution in [0, 0.1) is 6.92 Å². The lowest BCUT2D eigenvalue weighted by Gasteiger charge is -2.36. The molecule has 0 aliphatic heterocycles. The molecule has 0 aliphatic carbocycles. The quantitative estimate of drug-likeness (QED) is 0.342. The Kier molecular flexibility index (Phi) is 7.19. The summed E-state index contributed by atoms with van der Waals surface area (Å²) in [6.07, 6.45) is 2.44. The summed E-state index contributed by atoms with van der Waals surface area (Å²) in [5.74, 6) is 0. The number of benzene rings is 3. The average Bonchev–Trinajstić information content (AvgIpc) is 2.77. The Labute approximate surface area is 183 Å². The monoisotopic (exact) mass is 438 g/mol. The lowest BCUT2D eigenvalue weighted by atomic mass is 9.90. The van der Waals surface area contributed by atoms with E-state index in [0.29, 0.717) is 12.0 Å². The Morgan fingerprint density at radius 3 is 2.10 bits per heavy atom. The zero-order valence-corrected chi connectivity index (χ0v) is 18.6. The molecule has 3 aromatic carbocycles. The molecule has 1 N–H and O–H groups in total. The van der Waals surface area contributed by atoms with Gasteiger partial charge in [0, 0.05) is 4.90 Å². The number of aryl methyl sites for hydroxylation is 1. The first-order valence-corrected chi connectivity index (χ1v) is 12.2. The molecule has 0 fully saturated rings. The molecule has 2 unspecified atom stereocenters. The standard InChI is InChI=1S/C25H26O3S2/c1-3-4-19-25(26,21-17-15-20(2)16-18-21)24(29-22-11-7-5-8-12-22)30(27,28)23-13-9-6-10-14-23/h3,5-18,24,26H,1,4,19H2,2H3. The van der Waals surface area contributed by atoms with E-state index in [2.05, 4.69) is 6.58 Å². The lowest BCUT2D eigenvalue weighted by molar-refractivity contribution is 0.0439. The van der Waals surface area contributed by atoms with Gasteiger partial charge in [0.15, 0.2) is 9.84 Å². The minimum Gasteiger partial charge on any atom is -0.383 e. The van der Waals surface area contributed by atoms with Crippen molar-refractivity contribution in [1.82, 2.24) is 0 Å². The van der Waals surface area contributed by atoms with Crippen molar-refractivity contribution in [1.29, 1.82) is 0 Å². The first-order valence-electron chi connectivity index (χ1n) is 9.79. The number of aliphatic hydroxyl groups is 1. The predicted molar refractivity (Wildman–Crippen MR) is 124 cm³/mol. The molecule has 156 valence electrons. The average molecular weight is 439 g/mol. The third-order valence-electron chi connectivity index (χ3n) is 5.01. The van der Waals surface area contributed by atoms with Crippen LogP contribution in [0.4, 0.5) is 0 Å². The molecule has 0 spiro atoms. The van der Waals surface area contributed by atoms with Crippen LogP contribution in [-0.2, 0) is 15.4 Å². The zero-order valence-electron chi connectivity index (χ0n) is 16.9. The minimum absolute atomic E-state index is 0.197. The molecular formula is C25H26O3S2. The van der Waals surface area contributed by atoms with Crippen molar-refractivity contribution in [2.75, 3.05) is 0 Å². The molecule has 0 saturated carbocycles. The van der Waals surface area contributed by atoms with Gasteiger partial charge < -0.3 is 5.11 Å². The van der Waals surface area contributed by atoms with E-state index >= 15 is 0 Å². The first-order chi connectivity index (χ1) is 14.4. The van der Waals surface area contributed by atoms with E-state index in [4.69, 9.17) is 0 Å². The molecule has 5 heteroatoms. The third kappa shape index (κ3) is 4.86. The molecular weight excluding hydrogens is 412 g/mol. The molecule has 0 radical (unpaired) electrons. The Morgan fingerprint density at radius 2 is 1.53 bits per heavy atom. The number of allylic oxidation sites excluding steroid dienone is 1. The maximum Gasteiger partial charge on any atom is 0.194 e. The second kappa shape index (κ2) is 9.65. The van der Waals surface area contributed by atoms with Crippen LogP contribution in [0.2, 0.25) is 0 Å². The Hall–Kier alpha value is -2.34. The van der Waals surface area contributed by atoms with Gasteiger partial charge >= 0.3 is 0 Å². The molecule has 0 aliphatic rings. The van der Waals surface area contributed by atoms with Crippen LogP contribution in [0.1, 0.15) is 24.0 Å². The summed E-state index contributed by atoms with van der Waals surface area (Å²) in [6.45, 7) is 5.73. The molecule has 0 saturated heterocycles. The van der Waals surface area contributed by atoms with Gasteiger partial charge in [-0.1, -0.05) is 72.3 Å². The fraction of sp³-hybridized carbons (Fsp3) is 0.200. The van der Waals surface area contributed by atoms with Crippen molar-refractivity contribution >= 4 is 21.6 Å². The SMILES string of the molecule is C=CCCC(O)(c1ccc(C)cc1)C(Sc1ccccc1)S(=O)(=O)c1ccccc1. The molecule has 0 amide bonds. The van der Waals surface area contributed by atoms with E-state index in [9.17, 15) is 13.5 Å². The van der Waals surface area contributed by atoms with Crippen LogP contribution in [0.25, 0.3) is 0 Å². The summed E-state index contributed by atoms with van der Waals surface area (Å²) in [6, 6.07) is 25.1. The summed E-state index contributed by atoms with van der Waals surface area (Å²) in [7, 11) is -3.87. The summed E-state index contributed by atoms with van der Waals surface area (Å²) in [5.41, 5.74) is 0.0303. The van der Waals surface area contributed by atoms with Gasteiger partial charge in [0.05, 0.1) is 4.90 Å². The van der Waals surface area contributed by atoms with E-state index in [1.54, 1.807) is 36.4 Å². The van der Waals surface area contributed by atoms with Crippen molar-refractivity contribution in [2.24, 2.45) is 0 Å². The van der Waals surface area contributed by atoms with Gasteiger partial charge in [0.1, 0.15) is 10.2 Å². The summed E-state index contributed by atoms with van der Waals surface area (Å²) in [4.78, 5) is 0.980. The van der Waals surface area contributed by atoms with Gasteiger partial charge in [0.2, 0.25) is 0 Å². The van der Waals surface area contributed by atoms with Gasteiger partial charge in [0.25, 0.3) is 0 Å². The summed E-state index contributed by atoms with van der Waals surface area (Å²) < 4.78 is 26.4. The fourth-order valence-corrected chi connectivity index (χ4v) is 7.07. The predicted octanol–water partition coefficient (Wildman–Crippen LogP) is 5.74. The molecule has 3 aromatic rings. The smallest absolute Gasteiger partial charge is 0.194 e. The van der Waals surface area contributed by atoms with Crippen LogP contribution in [0.15, 0.2) is 107 Å². The van der Waals surface area contributed by atoms with Crippen molar-refractivity contribution in [3.05, 3.63) is 109 Å². The van der Waals surface area contributed by atoms with E-state index in [-0.39, 0.29) is 11.3 Å². The highest BCUT2D eigenvalue weighted by molar-refractivity contribution is 8.13. The van der Waals surface area contributed by atoms with Gasteiger partial charge in [-0.05, 0) is 49.6 Å². The lowest BCUT2D eigenvalue weighted by Crippen LogP contribution is -2.42. The number of hydrogen-bond acceptors (Lipinski definition) is 4. The van der Waals surface area contributed by atoms with Crippen LogP contribution in [0.5, 0.6) is 0 Å². The number of rotatable bonds is 9. The van der Waals surface area contributed by atoms with Crippen molar-refractivity contribution in [3.63, 3.8) is 0 Å². The number of hydrogen-bond donors (Lipinski definition) is 1. The maximum absolute atomic E-state index is 13.8. The van der Waals surface area contributed by atoms with Crippen LogP contribution in [0.3, 0.4) is 0 Å². The minimum atomic E-state index is -3.87. The van der Waals surface area contributed by atoms with Gasteiger partial charge in [-0.25, -0.2) is 8.42 Å². The van der Waals surface area contributed by atoms with Crippen molar-refractivity contribution in [2.45, 2.75) is 39.7 Å². The largest absolute Gasteiger partial charge is 0.383 e. The van der Waals surface area contributed by atoms with Gasteiger partial charge in [-0.3, -0.25) is 0 Å². The zero-order chi connectivity index (χ0) is 21.6. The molecule has 0 aromatic heterocycles. The second-order valence-electron chi connectivity index (χ2n) is 7.24. The van der Waals surface area contributed by atoms with Crippen molar-refractivity contribution < 1.29 is 13.5 Å². The van der Waals surface area contributed by atoms with E-state index < -0.39 is 20.0 Å². The highest BCUT2D eigenvalue weighted by atomic mass is 32.3. The Balaban J connectivity index is 2.18. The molecule has 3 nitrogen and oxygen atoms in total. The van der Waals surface area contributed by atoms with Crippen molar-refractivity contribution in [3.8, 4) is 0 Å². The normalized spacial score (nSPS) is 14.6. The molecule has 0 bridgehead atoms. The van der Waals surface area contributed by atoms with E-state index in [0.717, 1.165) is 10.5 Å². The highest BCUT2D eigenvalue weighted by Gasteiger charge is 2.47. The third-order valence-corrected chi connectivity index (χ3v) is 9.09. The van der Waals surface area contributed by atoms with Gasteiger partial charge in [-0.15, -0.1) is 18.3 Å².